The number of para-hydroxylation sites is 2. The number of hydrogen-bond acceptors (Lipinski definition) is 2. The van der Waals surface area contributed by atoms with Gasteiger partial charge in [0.1, 0.15) is 0 Å². The van der Waals surface area contributed by atoms with E-state index in [1.54, 1.807) is 0 Å². The summed E-state index contributed by atoms with van der Waals surface area (Å²) in [7, 11) is 0. The van der Waals surface area contributed by atoms with Gasteiger partial charge in [0.05, 0.1) is 34.2 Å². The van der Waals surface area contributed by atoms with Crippen LogP contribution in [0.3, 0.4) is 0 Å². The zero-order chi connectivity index (χ0) is 11.8. The van der Waals surface area contributed by atoms with Crippen molar-refractivity contribution in [1.29, 1.82) is 0 Å². The molecule has 2 nitrogen and oxygen atoms in total. The minimum Gasteiger partial charge on any atom is -0.294 e. The molecule has 2 aromatic rings. The largest absolute Gasteiger partial charge is 0.294 e. The fourth-order valence-corrected chi connectivity index (χ4v) is 3.02. The second kappa shape index (κ2) is 4.14. The average molecular weight is 335 g/mol. The van der Waals surface area contributed by atoms with Gasteiger partial charge in [0.15, 0.2) is 5.78 Å². The van der Waals surface area contributed by atoms with Crippen LogP contribution in [-0.4, -0.2) is 5.78 Å². The van der Waals surface area contributed by atoms with Crippen molar-refractivity contribution in [3.63, 3.8) is 0 Å². The monoisotopic (exact) mass is 335 g/mol. The molecule has 0 aliphatic carbocycles. The van der Waals surface area contributed by atoms with Crippen LogP contribution >= 0.6 is 22.9 Å². The number of hydrogen-bond donors (Lipinski definition) is 0. The van der Waals surface area contributed by atoms with Gasteiger partial charge in [-0.1, -0.05) is 30.3 Å². The van der Waals surface area contributed by atoms with E-state index < -0.39 is 0 Å². The topological polar surface area (TPSA) is 20.3 Å². The third kappa shape index (κ3) is 1.74. The van der Waals surface area contributed by atoms with E-state index in [0.29, 0.717) is 6.42 Å². The van der Waals surface area contributed by atoms with E-state index in [9.17, 15) is 4.79 Å². The summed E-state index contributed by atoms with van der Waals surface area (Å²) in [5, 5.41) is 0. The van der Waals surface area contributed by atoms with Gasteiger partial charge < -0.3 is 0 Å². The number of nitrogens with zero attached hydrogens (tertiary/aromatic N) is 1. The van der Waals surface area contributed by atoms with Gasteiger partial charge in [0, 0.05) is 12.0 Å². The summed E-state index contributed by atoms with van der Waals surface area (Å²) in [5.41, 5.74) is 3.97. The summed E-state index contributed by atoms with van der Waals surface area (Å²) in [6, 6.07) is 15.8. The molecule has 0 bridgehead atoms. The molecule has 1 aliphatic heterocycles. The van der Waals surface area contributed by atoms with E-state index in [0.717, 1.165) is 22.5 Å². The summed E-state index contributed by atoms with van der Waals surface area (Å²) in [6.45, 7) is 0. The van der Waals surface area contributed by atoms with E-state index in [1.165, 1.54) is 0 Å². The first kappa shape index (κ1) is 10.8. The van der Waals surface area contributed by atoms with Crippen LogP contribution < -0.4 is 3.11 Å². The fraction of sp³-hybridized carbons (Fsp3) is 0.0714. The van der Waals surface area contributed by atoms with Crippen LogP contribution in [0.25, 0.3) is 0 Å². The van der Waals surface area contributed by atoms with Crippen LogP contribution in [0.4, 0.5) is 11.4 Å². The molecule has 0 fully saturated rings. The quantitative estimate of drug-likeness (QED) is 0.537. The fourth-order valence-electron chi connectivity index (χ4n) is 2.13. The maximum absolute atomic E-state index is 12.2. The molecule has 0 saturated heterocycles. The predicted molar refractivity (Wildman–Crippen MR) is 77.1 cm³/mol. The zero-order valence-corrected chi connectivity index (χ0v) is 11.2. The SMILES string of the molecule is O=C1Cc2ccccc2N(I)c2ccccc21. The highest BCUT2D eigenvalue weighted by molar-refractivity contribution is 14.1. The van der Waals surface area contributed by atoms with E-state index in [4.69, 9.17) is 0 Å². The molecule has 0 unspecified atom stereocenters. The normalized spacial score (nSPS) is 13.9. The Morgan fingerprint density at radius 3 is 2.41 bits per heavy atom. The summed E-state index contributed by atoms with van der Waals surface area (Å²) in [5.74, 6) is 0.187. The lowest BCUT2D eigenvalue weighted by molar-refractivity contribution is 0.0994. The average Bonchev–Trinajstić information content (AvgIpc) is 2.48. The number of anilines is 2. The van der Waals surface area contributed by atoms with Crippen LogP contribution in [0.2, 0.25) is 0 Å². The molecule has 0 amide bonds. The number of ketones is 1. The Labute approximate surface area is 114 Å². The Kier molecular flexibility index (Phi) is 2.63. The van der Waals surface area contributed by atoms with Crippen molar-refractivity contribution >= 4 is 40.0 Å². The molecule has 0 saturated carbocycles. The summed E-state index contributed by atoms with van der Waals surface area (Å²) in [4.78, 5) is 12.2. The zero-order valence-electron chi connectivity index (χ0n) is 9.06. The molecule has 1 aliphatic rings. The molecular formula is C14H10INO. The lowest BCUT2D eigenvalue weighted by Crippen LogP contribution is -2.04. The third-order valence-corrected chi connectivity index (χ3v) is 4.01. The van der Waals surface area contributed by atoms with Crippen molar-refractivity contribution in [3.05, 3.63) is 59.7 Å². The molecule has 2 aromatic carbocycles. The van der Waals surface area contributed by atoms with E-state index in [2.05, 4.69) is 32.0 Å². The standard InChI is InChI=1S/C14H10INO/c15-16-12-7-3-1-5-10(12)9-14(17)11-6-2-4-8-13(11)16/h1-8H,9H2. The highest BCUT2D eigenvalue weighted by Crippen LogP contribution is 2.38. The van der Waals surface area contributed by atoms with Gasteiger partial charge in [-0.3, -0.25) is 7.91 Å². The number of carbonyl (C=O) groups is 1. The molecule has 0 aromatic heterocycles. The number of fused-ring (bicyclic) bond motifs is 2. The summed E-state index contributed by atoms with van der Waals surface area (Å²) < 4.78 is 2.06. The van der Waals surface area contributed by atoms with Gasteiger partial charge >= 0.3 is 0 Å². The number of rotatable bonds is 0. The Hall–Kier alpha value is -1.36. The van der Waals surface area contributed by atoms with Crippen LogP contribution in [0, 0.1) is 0 Å². The first-order valence-corrected chi connectivity index (χ1v) is 6.40. The molecule has 3 rings (SSSR count). The maximum Gasteiger partial charge on any atom is 0.169 e. The first-order chi connectivity index (χ1) is 8.27. The Balaban J connectivity index is 2.26. The van der Waals surface area contributed by atoms with E-state index in [1.807, 2.05) is 42.5 Å². The van der Waals surface area contributed by atoms with Gasteiger partial charge in [0.25, 0.3) is 0 Å². The van der Waals surface area contributed by atoms with Gasteiger partial charge in [-0.05, 0) is 23.8 Å². The summed E-state index contributed by atoms with van der Waals surface area (Å²) >= 11 is 2.26. The second-order valence-electron chi connectivity index (χ2n) is 4.03. The molecule has 3 heteroatoms. The third-order valence-electron chi connectivity index (χ3n) is 2.97. The van der Waals surface area contributed by atoms with Gasteiger partial charge in [-0.15, -0.1) is 0 Å². The molecule has 17 heavy (non-hydrogen) atoms. The van der Waals surface area contributed by atoms with Crippen molar-refractivity contribution in [1.82, 2.24) is 0 Å². The lowest BCUT2D eigenvalue weighted by atomic mass is 10.0. The van der Waals surface area contributed by atoms with Crippen LogP contribution in [0.5, 0.6) is 0 Å². The molecule has 84 valence electrons. The predicted octanol–water partition coefficient (Wildman–Crippen LogP) is 3.91. The van der Waals surface area contributed by atoms with E-state index in [-0.39, 0.29) is 5.78 Å². The Morgan fingerprint density at radius 1 is 0.941 bits per heavy atom. The van der Waals surface area contributed by atoms with Crippen molar-refractivity contribution in [2.45, 2.75) is 6.42 Å². The van der Waals surface area contributed by atoms with Crippen molar-refractivity contribution in [2.75, 3.05) is 3.11 Å². The Morgan fingerprint density at radius 2 is 1.59 bits per heavy atom. The van der Waals surface area contributed by atoms with Crippen molar-refractivity contribution < 1.29 is 4.79 Å². The number of Topliss-reactive ketones (excluding diaryl/α,β-unsaturated/α-hetero) is 1. The number of benzene rings is 2. The first-order valence-electron chi connectivity index (χ1n) is 5.43. The molecule has 0 atom stereocenters. The number of carbonyl (C=O) groups excluding carboxylic acids is 1. The highest BCUT2D eigenvalue weighted by atomic mass is 127. The molecule has 0 N–H and O–H groups in total. The highest BCUT2D eigenvalue weighted by Gasteiger charge is 2.23. The Bertz CT molecular complexity index is 594. The minimum absolute atomic E-state index is 0.187. The van der Waals surface area contributed by atoms with Crippen LogP contribution in [0.1, 0.15) is 15.9 Å². The molecule has 0 radical (unpaired) electrons. The summed E-state index contributed by atoms with van der Waals surface area (Å²) in [6.07, 6.45) is 0.479. The van der Waals surface area contributed by atoms with E-state index >= 15 is 0 Å². The molecular weight excluding hydrogens is 325 g/mol. The van der Waals surface area contributed by atoms with Crippen molar-refractivity contribution in [2.24, 2.45) is 0 Å². The smallest absolute Gasteiger partial charge is 0.169 e. The van der Waals surface area contributed by atoms with Crippen LogP contribution in [0.15, 0.2) is 48.5 Å². The second-order valence-corrected chi connectivity index (χ2v) is 4.99. The van der Waals surface area contributed by atoms with Gasteiger partial charge in [-0.25, -0.2) is 0 Å². The van der Waals surface area contributed by atoms with Crippen LogP contribution in [-0.2, 0) is 6.42 Å². The van der Waals surface area contributed by atoms with Gasteiger partial charge in [-0.2, -0.15) is 0 Å². The minimum atomic E-state index is 0.187. The maximum atomic E-state index is 12.2. The lowest BCUT2D eigenvalue weighted by Gasteiger charge is -2.18. The van der Waals surface area contributed by atoms with Crippen molar-refractivity contribution in [3.8, 4) is 0 Å². The van der Waals surface area contributed by atoms with Gasteiger partial charge in [0.2, 0.25) is 0 Å². The molecule has 1 heterocycles. The number of halogens is 1. The molecule has 0 spiro atoms.